The molecule has 0 aliphatic rings. The molecular formula is C14H10FN5S. The Labute approximate surface area is 123 Å². The summed E-state index contributed by atoms with van der Waals surface area (Å²) < 4.78 is 15.9. The van der Waals surface area contributed by atoms with E-state index in [-0.39, 0.29) is 5.82 Å². The Bertz CT molecular complexity index is 958. The van der Waals surface area contributed by atoms with Crippen LogP contribution in [0.4, 0.5) is 4.39 Å². The van der Waals surface area contributed by atoms with E-state index in [0.717, 1.165) is 15.4 Å². The first-order chi connectivity index (χ1) is 10.2. The highest BCUT2D eigenvalue weighted by Gasteiger charge is 2.13. The molecule has 0 saturated carbocycles. The SMILES string of the molecule is Cc1nn2c(Cc3cc4cccnc4cc3F)nnc2s1. The molecule has 3 aromatic heterocycles. The van der Waals surface area contributed by atoms with Crippen molar-refractivity contribution in [3.05, 3.63) is 52.7 Å². The summed E-state index contributed by atoms with van der Waals surface area (Å²) in [5.74, 6) is 0.349. The van der Waals surface area contributed by atoms with Gasteiger partial charge in [0.05, 0.1) is 5.52 Å². The van der Waals surface area contributed by atoms with E-state index in [1.54, 1.807) is 16.8 Å². The Morgan fingerprint density at radius 1 is 1.29 bits per heavy atom. The second-order valence-electron chi connectivity index (χ2n) is 4.75. The number of aromatic nitrogens is 5. The van der Waals surface area contributed by atoms with Crippen molar-refractivity contribution in [3.8, 4) is 0 Å². The van der Waals surface area contributed by atoms with Crippen molar-refractivity contribution in [1.29, 1.82) is 0 Å². The average Bonchev–Trinajstić information content (AvgIpc) is 3.00. The summed E-state index contributed by atoms with van der Waals surface area (Å²) in [5, 5.41) is 14.3. The van der Waals surface area contributed by atoms with Crippen molar-refractivity contribution >= 4 is 27.2 Å². The summed E-state index contributed by atoms with van der Waals surface area (Å²) in [5.41, 5.74) is 1.21. The van der Waals surface area contributed by atoms with Crippen LogP contribution in [0.25, 0.3) is 15.9 Å². The minimum absolute atomic E-state index is 0.287. The zero-order valence-electron chi connectivity index (χ0n) is 11.1. The molecule has 21 heavy (non-hydrogen) atoms. The topological polar surface area (TPSA) is 56.0 Å². The Hall–Kier alpha value is -2.41. The van der Waals surface area contributed by atoms with Crippen LogP contribution in [-0.2, 0) is 6.42 Å². The largest absolute Gasteiger partial charge is 0.256 e. The Morgan fingerprint density at radius 3 is 3.10 bits per heavy atom. The molecule has 7 heteroatoms. The van der Waals surface area contributed by atoms with Gasteiger partial charge in [0.2, 0.25) is 4.96 Å². The van der Waals surface area contributed by atoms with E-state index in [2.05, 4.69) is 20.3 Å². The Kier molecular flexibility index (Phi) is 2.68. The number of aryl methyl sites for hydroxylation is 1. The zero-order valence-corrected chi connectivity index (χ0v) is 11.9. The quantitative estimate of drug-likeness (QED) is 0.571. The van der Waals surface area contributed by atoms with E-state index in [1.165, 1.54) is 17.4 Å². The van der Waals surface area contributed by atoms with Crippen LogP contribution in [-0.4, -0.2) is 24.8 Å². The minimum atomic E-state index is -0.287. The van der Waals surface area contributed by atoms with E-state index in [0.29, 0.717) is 23.3 Å². The lowest BCUT2D eigenvalue weighted by Gasteiger charge is -2.03. The summed E-state index contributed by atoms with van der Waals surface area (Å²) in [6.45, 7) is 1.91. The fraction of sp³-hybridized carbons (Fsp3) is 0.143. The molecule has 4 aromatic rings. The molecule has 0 N–H and O–H groups in total. The van der Waals surface area contributed by atoms with Gasteiger partial charge in [0, 0.05) is 24.1 Å². The van der Waals surface area contributed by atoms with Gasteiger partial charge >= 0.3 is 0 Å². The van der Waals surface area contributed by atoms with Crippen LogP contribution in [0.5, 0.6) is 0 Å². The summed E-state index contributed by atoms with van der Waals surface area (Å²) in [6, 6.07) is 7.01. The molecular weight excluding hydrogens is 289 g/mol. The minimum Gasteiger partial charge on any atom is -0.256 e. The highest BCUT2D eigenvalue weighted by atomic mass is 32.1. The fourth-order valence-corrected chi connectivity index (χ4v) is 3.01. The third-order valence-corrected chi connectivity index (χ3v) is 4.09. The summed E-state index contributed by atoms with van der Waals surface area (Å²) >= 11 is 1.46. The molecule has 0 spiro atoms. The van der Waals surface area contributed by atoms with Crippen LogP contribution in [0.1, 0.15) is 16.4 Å². The molecule has 4 rings (SSSR count). The lowest BCUT2D eigenvalue weighted by molar-refractivity contribution is 0.612. The summed E-state index contributed by atoms with van der Waals surface area (Å²) in [7, 11) is 0. The number of halogens is 1. The van der Waals surface area contributed by atoms with E-state index >= 15 is 0 Å². The third-order valence-electron chi connectivity index (χ3n) is 3.28. The molecule has 3 heterocycles. The van der Waals surface area contributed by atoms with Crippen LogP contribution in [0, 0.1) is 12.7 Å². The van der Waals surface area contributed by atoms with Gasteiger partial charge in [-0.2, -0.15) is 9.61 Å². The lowest BCUT2D eigenvalue weighted by atomic mass is 10.1. The maximum Gasteiger partial charge on any atom is 0.234 e. The number of benzene rings is 1. The highest BCUT2D eigenvalue weighted by Crippen LogP contribution is 2.20. The van der Waals surface area contributed by atoms with Gasteiger partial charge in [0.15, 0.2) is 5.82 Å². The van der Waals surface area contributed by atoms with Gasteiger partial charge in [-0.3, -0.25) is 4.98 Å². The maximum atomic E-state index is 14.2. The normalized spacial score (nSPS) is 11.5. The molecule has 0 unspecified atom stereocenters. The molecule has 0 bridgehead atoms. The molecule has 0 amide bonds. The maximum absolute atomic E-state index is 14.2. The predicted molar refractivity (Wildman–Crippen MR) is 77.9 cm³/mol. The van der Waals surface area contributed by atoms with E-state index in [1.807, 2.05) is 19.1 Å². The Morgan fingerprint density at radius 2 is 2.19 bits per heavy atom. The van der Waals surface area contributed by atoms with E-state index in [9.17, 15) is 4.39 Å². The summed E-state index contributed by atoms with van der Waals surface area (Å²) in [4.78, 5) is 4.88. The van der Waals surface area contributed by atoms with Crippen LogP contribution in [0.3, 0.4) is 0 Å². The van der Waals surface area contributed by atoms with Crippen molar-refractivity contribution in [2.75, 3.05) is 0 Å². The summed E-state index contributed by atoms with van der Waals surface area (Å²) in [6.07, 6.45) is 2.00. The molecule has 0 saturated heterocycles. The predicted octanol–water partition coefficient (Wildman–Crippen LogP) is 2.77. The number of hydrogen-bond acceptors (Lipinski definition) is 5. The van der Waals surface area contributed by atoms with Gasteiger partial charge < -0.3 is 0 Å². The third kappa shape index (κ3) is 2.06. The van der Waals surface area contributed by atoms with Crippen LogP contribution < -0.4 is 0 Å². The molecule has 0 fully saturated rings. The van der Waals surface area contributed by atoms with Crippen LogP contribution >= 0.6 is 11.3 Å². The van der Waals surface area contributed by atoms with Gasteiger partial charge in [0.25, 0.3) is 0 Å². The number of nitrogens with zero attached hydrogens (tertiary/aromatic N) is 5. The highest BCUT2D eigenvalue weighted by molar-refractivity contribution is 7.16. The number of hydrogen-bond donors (Lipinski definition) is 0. The van der Waals surface area contributed by atoms with Crippen LogP contribution in [0.15, 0.2) is 30.5 Å². The van der Waals surface area contributed by atoms with E-state index < -0.39 is 0 Å². The molecule has 5 nitrogen and oxygen atoms in total. The molecule has 0 radical (unpaired) electrons. The Balaban J connectivity index is 1.81. The average molecular weight is 299 g/mol. The molecule has 104 valence electrons. The van der Waals surface area contributed by atoms with Crippen LogP contribution in [0.2, 0.25) is 0 Å². The standard InChI is InChI=1S/C14H10FN5S/c1-8-19-20-13(17-18-14(20)21-8)6-10-5-9-3-2-4-16-12(9)7-11(10)15/h2-5,7H,6H2,1H3. The number of fused-ring (bicyclic) bond motifs is 2. The molecule has 0 aliphatic carbocycles. The molecule has 0 atom stereocenters. The first-order valence-electron chi connectivity index (χ1n) is 6.41. The number of rotatable bonds is 2. The van der Waals surface area contributed by atoms with Crippen molar-refractivity contribution in [1.82, 2.24) is 24.8 Å². The lowest BCUT2D eigenvalue weighted by Crippen LogP contribution is -2.00. The first kappa shape index (κ1) is 12.3. The van der Waals surface area contributed by atoms with Gasteiger partial charge in [-0.15, -0.1) is 10.2 Å². The monoisotopic (exact) mass is 299 g/mol. The smallest absolute Gasteiger partial charge is 0.234 e. The first-order valence-corrected chi connectivity index (χ1v) is 7.23. The fourth-order valence-electron chi connectivity index (χ4n) is 2.31. The van der Waals surface area contributed by atoms with Crippen molar-refractivity contribution in [3.63, 3.8) is 0 Å². The number of pyridine rings is 1. The zero-order chi connectivity index (χ0) is 14.4. The van der Waals surface area contributed by atoms with Gasteiger partial charge in [0.1, 0.15) is 10.8 Å². The van der Waals surface area contributed by atoms with Crippen molar-refractivity contribution < 1.29 is 4.39 Å². The molecule has 1 aromatic carbocycles. The van der Waals surface area contributed by atoms with Crippen molar-refractivity contribution in [2.45, 2.75) is 13.3 Å². The second kappa shape index (κ2) is 4.56. The van der Waals surface area contributed by atoms with Crippen molar-refractivity contribution in [2.24, 2.45) is 0 Å². The van der Waals surface area contributed by atoms with Gasteiger partial charge in [-0.1, -0.05) is 17.4 Å². The van der Waals surface area contributed by atoms with E-state index in [4.69, 9.17) is 0 Å². The van der Waals surface area contributed by atoms with Gasteiger partial charge in [-0.05, 0) is 24.6 Å². The van der Waals surface area contributed by atoms with Gasteiger partial charge in [-0.25, -0.2) is 4.39 Å². The second-order valence-corrected chi connectivity index (χ2v) is 5.91. The molecule has 0 aliphatic heterocycles.